The lowest BCUT2D eigenvalue weighted by Gasteiger charge is -2.46. The molecule has 8 aliphatic heterocycles. The second-order valence-electron chi connectivity index (χ2n) is 33.0. The van der Waals surface area contributed by atoms with Crippen LogP contribution in [0, 0.1) is 0 Å². The number of aliphatic hydroxyl groups excluding tert-OH is 1. The SMILES string of the molecule is CC1(C)O[C@@H]2[C@@H](NC(=O)C(F)(F)F)[C@H]3OC[C@](COCCOCCOCCOCCNC(=O)CCOCC(COCCC(=O)NCCOCCOCCOCCOC[C@@]45CO[C@@H](O4)[C@H](NC(=O)C(F)(F)F)[C@H]4OC(C)(C)O[C@H]45)(COCCC(=O)NCCOCCOCCOCCOC[C@@]4(C)O[C@H](O)[C@H](NC(=O)C(F)(F)F)[C@H]5OC(C)(C)O[C@H]54)NC(=O)CCCCN=[N+]=[N-])(O3)[C@@H]2O1. The molecule has 7 amide bonds. The molecule has 8 aliphatic rings. The summed E-state index contributed by atoms with van der Waals surface area (Å²) in [4.78, 5) is 90.8. The van der Waals surface area contributed by atoms with E-state index in [-0.39, 0.29) is 263 Å². The van der Waals surface area contributed by atoms with Crippen LogP contribution in [-0.2, 0) is 157 Å². The summed E-state index contributed by atoms with van der Waals surface area (Å²) < 4.78 is 268. The van der Waals surface area contributed by atoms with Gasteiger partial charge in [0, 0.05) is 56.8 Å². The number of alkyl halides is 9. The maximum Gasteiger partial charge on any atom is 0.471 e. The lowest BCUT2D eigenvalue weighted by Crippen LogP contribution is -2.68. The van der Waals surface area contributed by atoms with E-state index < -0.39 is 173 Å². The van der Waals surface area contributed by atoms with Gasteiger partial charge in [-0.3, -0.25) is 33.6 Å². The summed E-state index contributed by atoms with van der Waals surface area (Å²) in [5.41, 5.74) is 3.48. The van der Waals surface area contributed by atoms with E-state index in [9.17, 15) is 78.2 Å². The molecule has 15 atom stereocenters. The number of nitrogens with one attached hydrogen (secondary N) is 7. The summed E-state index contributed by atoms with van der Waals surface area (Å²) in [5, 5.41) is 30.9. The highest BCUT2D eigenvalue weighted by atomic mass is 19.4. The molecular weight excluding hydrogens is 1790 g/mol. The van der Waals surface area contributed by atoms with Crippen LogP contribution in [0.25, 0.3) is 10.4 Å². The topological polar surface area (TPSA) is 513 Å². The van der Waals surface area contributed by atoms with Crippen molar-refractivity contribution in [2.75, 3.05) is 238 Å². The highest BCUT2D eigenvalue weighted by Crippen LogP contribution is 2.49. The van der Waals surface area contributed by atoms with E-state index >= 15 is 0 Å². The molecule has 0 spiro atoms. The number of unbranched alkanes of at least 4 members (excludes halogenated alkanes) is 1. The molecule has 44 nitrogen and oxygen atoms in total. The number of rotatable bonds is 66. The normalized spacial score (nSPS) is 27.7. The first-order chi connectivity index (χ1) is 62.1. The highest BCUT2D eigenvalue weighted by molar-refractivity contribution is 5.83. The molecule has 0 aliphatic carbocycles. The molecule has 0 unspecified atom stereocenters. The fourth-order valence-corrected chi connectivity index (χ4v) is 14.8. The van der Waals surface area contributed by atoms with Gasteiger partial charge in [0.15, 0.2) is 36.2 Å². The van der Waals surface area contributed by atoms with E-state index in [2.05, 4.69) is 31.3 Å². The van der Waals surface area contributed by atoms with E-state index in [4.69, 9.17) is 129 Å². The Morgan fingerprint density at radius 3 is 1.03 bits per heavy atom. The van der Waals surface area contributed by atoms with Gasteiger partial charge in [-0.05, 0) is 66.8 Å². The smallest absolute Gasteiger partial charge is 0.378 e. The number of azide groups is 1. The van der Waals surface area contributed by atoms with Crippen molar-refractivity contribution in [3.63, 3.8) is 0 Å². The number of fused-ring (bicyclic) bond motifs is 9. The van der Waals surface area contributed by atoms with Gasteiger partial charge in [-0.1, -0.05) is 5.11 Å². The van der Waals surface area contributed by atoms with Gasteiger partial charge in [-0.15, -0.1) is 0 Å². The first-order valence-electron chi connectivity index (χ1n) is 43.1. The lowest BCUT2D eigenvalue weighted by atomic mass is 9.87. The minimum absolute atomic E-state index is 0.0185. The minimum Gasteiger partial charge on any atom is -0.378 e. The molecular formula is C78H125F9N10O34. The lowest BCUT2D eigenvalue weighted by molar-refractivity contribution is -0.280. The molecule has 0 saturated carbocycles. The van der Waals surface area contributed by atoms with Gasteiger partial charge in [0.25, 0.3) is 0 Å². The zero-order valence-electron chi connectivity index (χ0n) is 74.3. The molecule has 4 bridgehead atoms. The summed E-state index contributed by atoms with van der Waals surface area (Å²) in [6, 6.07) is -4.19. The third-order valence-electron chi connectivity index (χ3n) is 20.8. The Morgan fingerprint density at radius 1 is 0.374 bits per heavy atom. The third kappa shape index (κ3) is 36.4. The summed E-state index contributed by atoms with van der Waals surface area (Å²) in [6.45, 7) is 13.0. The molecule has 0 radical (unpaired) electrons. The maximum atomic E-state index is 13.7. The van der Waals surface area contributed by atoms with Crippen molar-refractivity contribution in [2.45, 2.75) is 219 Å². The molecule has 0 aromatic heterocycles. The fourth-order valence-electron chi connectivity index (χ4n) is 14.8. The first-order valence-corrected chi connectivity index (χ1v) is 43.1. The Bertz CT molecular complexity index is 3410. The van der Waals surface area contributed by atoms with Gasteiger partial charge in [-0.2, -0.15) is 39.5 Å². The maximum absolute atomic E-state index is 13.7. The van der Waals surface area contributed by atoms with E-state index in [0.29, 0.717) is 12.8 Å². The van der Waals surface area contributed by atoms with Crippen LogP contribution in [0.4, 0.5) is 39.5 Å². The van der Waals surface area contributed by atoms with Gasteiger partial charge >= 0.3 is 36.3 Å². The molecule has 0 aromatic rings. The van der Waals surface area contributed by atoms with Gasteiger partial charge in [-0.25, -0.2) is 0 Å². The van der Waals surface area contributed by atoms with Crippen LogP contribution in [0.2, 0.25) is 0 Å². The van der Waals surface area contributed by atoms with Crippen LogP contribution in [0.3, 0.4) is 0 Å². The minimum atomic E-state index is -5.22. The van der Waals surface area contributed by atoms with E-state index in [1.54, 1.807) is 33.0 Å². The summed E-state index contributed by atoms with van der Waals surface area (Å²) in [5.74, 6) is -12.0. The van der Waals surface area contributed by atoms with Crippen LogP contribution in [0.5, 0.6) is 0 Å². The predicted molar refractivity (Wildman–Crippen MR) is 422 cm³/mol. The Hall–Kier alpha value is -6.11. The number of aliphatic hydroxyl groups is 1. The van der Waals surface area contributed by atoms with Crippen LogP contribution < -0.4 is 37.2 Å². The average molecular weight is 1920 g/mol. The monoisotopic (exact) mass is 1920 g/mol. The molecule has 131 heavy (non-hydrogen) atoms. The van der Waals surface area contributed by atoms with Crippen LogP contribution in [-0.4, -0.2) is 416 Å². The fraction of sp³-hybridized carbons (Fsp3) is 0.910. The number of halogens is 9. The number of amides is 7. The number of ether oxygens (including phenoxy) is 26. The van der Waals surface area contributed by atoms with Crippen molar-refractivity contribution < 1.29 is 201 Å². The largest absolute Gasteiger partial charge is 0.471 e. The van der Waals surface area contributed by atoms with Crippen molar-refractivity contribution in [3.8, 4) is 0 Å². The number of hydrogen-bond acceptors (Lipinski definition) is 35. The standard InChI is InChI=1S/C78H125F9N10O34/c1-69(2)123-57-54(93-66(103)76(79,80)81)63(102)129-72(7,60(57)126-69)42-118-39-36-112-33-30-109-27-24-106-21-15-89-50(98)11-18-115-43-73(96-53(101)10-8-9-14-92-97-88,44-116-19-12-51(99)90-16-22-107-25-28-110-31-34-113-37-40-119-46-74-48-121-64(130-74)55(94-67(104)77(82,83)84)58-61(74)127-70(3,4)124-58)45-117-20-13-52(100)91-17-23-108-26-29-111-32-35-114-38-41-120-47-75-49-122-65(131-75)56(95-68(105)78(85,86)87)59-62(75)128-71(5,6)125-59/h54-65,102H,8-49H2,1-7H3,(H,89,98)(H,90,99)(H,91,100)(H,93,103)(H,94,104)(H,95,105)(H,96,101)/t54-,55-,56-,57-,58-,59-,60-,61-,62-,63+,64+,65+,72-,74+,75+/m1/s1. The van der Waals surface area contributed by atoms with Crippen molar-refractivity contribution in [3.05, 3.63) is 10.4 Å². The molecule has 53 heteroatoms. The first kappa shape index (κ1) is 110. The number of carbonyl (C=O) groups excluding carboxylic acids is 7. The molecule has 0 aromatic carbocycles. The highest BCUT2D eigenvalue weighted by Gasteiger charge is 2.69. The van der Waals surface area contributed by atoms with Crippen molar-refractivity contribution in [2.24, 2.45) is 5.11 Å². The zero-order valence-corrected chi connectivity index (χ0v) is 74.3. The quantitative estimate of drug-likeness (QED) is 0.0132. The Balaban J connectivity index is 0.694. The molecule has 8 heterocycles. The summed E-state index contributed by atoms with van der Waals surface area (Å²) in [6.07, 6.45) is -25.7. The zero-order chi connectivity index (χ0) is 95.4. The molecule has 8 N–H and O–H groups in total. The van der Waals surface area contributed by atoms with Crippen molar-refractivity contribution >= 4 is 41.4 Å². The van der Waals surface area contributed by atoms with Gasteiger partial charge in [0.2, 0.25) is 23.6 Å². The van der Waals surface area contributed by atoms with E-state index in [1.807, 2.05) is 10.6 Å². The number of hydrogen-bond donors (Lipinski definition) is 8. The van der Waals surface area contributed by atoms with Crippen LogP contribution in [0.1, 0.15) is 87.0 Å². The van der Waals surface area contributed by atoms with Crippen molar-refractivity contribution in [1.82, 2.24) is 37.2 Å². The Labute approximate surface area is 749 Å². The van der Waals surface area contributed by atoms with Crippen molar-refractivity contribution in [1.29, 1.82) is 0 Å². The number of nitrogens with zero attached hydrogens (tertiary/aromatic N) is 3. The van der Waals surface area contributed by atoms with Crippen LogP contribution >= 0.6 is 0 Å². The molecule has 8 fully saturated rings. The molecule has 754 valence electrons. The van der Waals surface area contributed by atoms with Gasteiger partial charge in [0.05, 0.1) is 211 Å². The Morgan fingerprint density at radius 2 is 0.687 bits per heavy atom. The third-order valence-corrected chi connectivity index (χ3v) is 20.8. The average Bonchev–Trinajstić information content (AvgIpc) is 1.55. The summed E-state index contributed by atoms with van der Waals surface area (Å²) in [7, 11) is 0. The number of carbonyl (C=O) groups is 7. The van der Waals surface area contributed by atoms with E-state index in [0.717, 1.165) is 0 Å². The molecule has 8 saturated heterocycles. The predicted octanol–water partition coefficient (Wildman–Crippen LogP) is 0.149. The van der Waals surface area contributed by atoms with Gasteiger partial charge in [0.1, 0.15) is 77.1 Å². The molecule has 8 rings (SSSR count). The second kappa shape index (κ2) is 53.0. The van der Waals surface area contributed by atoms with E-state index in [1.165, 1.54) is 20.8 Å². The summed E-state index contributed by atoms with van der Waals surface area (Å²) >= 11 is 0. The Kier molecular flexibility index (Phi) is 44.6. The van der Waals surface area contributed by atoms with Crippen LogP contribution in [0.15, 0.2) is 5.11 Å². The van der Waals surface area contributed by atoms with Gasteiger partial charge < -0.3 is 165 Å². The second-order valence-corrected chi connectivity index (χ2v) is 33.0.